The number of carbonyl (C=O) groups excluding carboxylic acids is 1. The van der Waals surface area contributed by atoms with Gasteiger partial charge in [0.2, 0.25) is 0 Å². The molecule has 1 aliphatic heterocycles. The minimum atomic E-state index is -0.685. The molecule has 148 valence electrons. The third-order valence-electron chi connectivity index (χ3n) is 6.12. The number of benzene rings is 1. The predicted molar refractivity (Wildman–Crippen MR) is 107 cm³/mol. The summed E-state index contributed by atoms with van der Waals surface area (Å²) in [5, 5.41) is 12.4. The van der Waals surface area contributed by atoms with Crippen LogP contribution >= 0.6 is 12.4 Å². The van der Waals surface area contributed by atoms with Crippen molar-refractivity contribution in [3.8, 4) is 0 Å². The minimum absolute atomic E-state index is 0. The summed E-state index contributed by atoms with van der Waals surface area (Å²) in [5.74, 6) is 4.86. The number of rotatable bonds is 4. The van der Waals surface area contributed by atoms with Gasteiger partial charge in [-0.3, -0.25) is 9.59 Å². The monoisotopic (exact) mass is 393 g/mol. The summed E-state index contributed by atoms with van der Waals surface area (Å²) in [6, 6.07) is 7.33. The van der Waals surface area contributed by atoms with Gasteiger partial charge in [0.15, 0.2) is 0 Å². The van der Waals surface area contributed by atoms with Crippen molar-refractivity contribution >= 4 is 30.5 Å². The van der Waals surface area contributed by atoms with Crippen LogP contribution in [0.5, 0.6) is 0 Å². The highest BCUT2D eigenvalue weighted by atomic mass is 35.5. The van der Waals surface area contributed by atoms with Gasteiger partial charge < -0.3 is 15.8 Å². The van der Waals surface area contributed by atoms with Gasteiger partial charge in [-0.25, -0.2) is 0 Å². The molecule has 1 aliphatic carbocycles. The van der Waals surface area contributed by atoms with Gasteiger partial charge in [-0.05, 0) is 67.6 Å². The second kappa shape index (κ2) is 9.22. The van der Waals surface area contributed by atoms with Gasteiger partial charge in [0.05, 0.1) is 6.21 Å². The Morgan fingerprint density at radius 3 is 2.26 bits per heavy atom. The van der Waals surface area contributed by atoms with Crippen LogP contribution in [0.15, 0.2) is 29.4 Å². The van der Waals surface area contributed by atoms with E-state index in [1.54, 1.807) is 6.21 Å². The standard InChI is InChI=1S/C20H27N3O3.ClH/c21-22-14-16-1-3-17(4-2-16)19(26)23-11-9-20(10-12-23)7-5-15(6-8-20)13-18(24)25;/h1-4,14-15H,5-13,21H2,(H,24,25);1H. The first kappa shape index (κ1) is 21.2. The van der Waals surface area contributed by atoms with E-state index in [2.05, 4.69) is 5.10 Å². The number of likely N-dealkylation sites (tertiary alicyclic amines) is 1. The van der Waals surface area contributed by atoms with Crippen LogP contribution in [-0.2, 0) is 4.79 Å². The quantitative estimate of drug-likeness (QED) is 0.466. The van der Waals surface area contributed by atoms with Crippen molar-refractivity contribution in [1.82, 2.24) is 4.90 Å². The third kappa shape index (κ3) is 5.22. The molecule has 1 aromatic carbocycles. The SMILES string of the molecule is Cl.NN=Cc1ccc(C(=O)N2CCC3(CCC(CC(=O)O)CC3)CC2)cc1. The lowest BCUT2D eigenvalue weighted by atomic mass is 9.65. The zero-order valence-electron chi connectivity index (χ0n) is 15.5. The van der Waals surface area contributed by atoms with E-state index >= 15 is 0 Å². The molecule has 27 heavy (non-hydrogen) atoms. The number of piperidine rings is 1. The van der Waals surface area contributed by atoms with Gasteiger partial charge in [-0.1, -0.05) is 12.1 Å². The van der Waals surface area contributed by atoms with Crippen molar-refractivity contribution < 1.29 is 14.7 Å². The molecule has 1 saturated carbocycles. The Bertz CT molecular complexity index is 672. The molecular formula is C20H28ClN3O3. The Morgan fingerprint density at radius 1 is 1.15 bits per heavy atom. The topological polar surface area (TPSA) is 96.0 Å². The first-order valence-electron chi connectivity index (χ1n) is 9.36. The molecule has 0 unspecified atom stereocenters. The average molecular weight is 394 g/mol. The lowest BCUT2D eigenvalue weighted by Gasteiger charge is -2.46. The Labute approximate surface area is 166 Å². The molecule has 7 heteroatoms. The van der Waals surface area contributed by atoms with Gasteiger partial charge in [0.25, 0.3) is 5.91 Å². The molecule has 0 aromatic heterocycles. The van der Waals surface area contributed by atoms with Crippen molar-refractivity contribution in [2.45, 2.75) is 44.9 Å². The molecule has 3 N–H and O–H groups in total. The molecular weight excluding hydrogens is 366 g/mol. The highest BCUT2D eigenvalue weighted by molar-refractivity contribution is 5.95. The molecule has 2 aliphatic rings. The van der Waals surface area contributed by atoms with Crippen LogP contribution in [0, 0.1) is 11.3 Å². The van der Waals surface area contributed by atoms with Crippen LogP contribution in [0.1, 0.15) is 60.9 Å². The summed E-state index contributed by atoms with van der Waals surface area (Å²) >= 11 is 0. The van der Waals surface area contributed by atoms with E-state index in [0.717, 1.165) is 57.2 Å². The Hall–Kier alpha value is -2.08. The summed E-state index contributed by atoms with van der Waals surface area (Å²) in [6.45, 7) is 1.57. The van der Waals surface area contributed by atoms with Crippen molar-refractivity contribution in [3.63, 3.8) is 0 Å². The van der Waals surface area contributed by atoms with E-state index in [4.69, 9.17) is 10.9 Å². The molecule has 3 rings (SSSR count). The molecule has 1 saturated heterocycles. The number of nitrogens with zero attached hydrogens (tertiary/aromatic N) is 2. The number of halogens is 1. The summed E-state index contributed by atoms with van der Waals surface area (Å²) in [6.07, 6.45) is 8.10. The third-order valence-corrected chi connectivity index (χ3v) is 6.12. The molecule has 2 fully saturated rings. The predicted octanol–water partition coefficient (Wildman–Crippen LogP) is 3.29. The van der Waals surface area contributed by atoms with E-state index < -0.39 is 5.97 Å². The number of carboxylic acid groups (broad SMARTS) is 1. The lowest BCUT2D eigenvalue weighted by Crippen LogP contribution is -2.44. The molecule has 0 atom stereocenters. The van der Waals surface area contributed by atoms with Gasteiger partial charge in [0, 0.05) is 25.1 Å². The van der Waals surface area contributed by atoms with Crippen LogP contribution in [-0.4, -0.2) is 41.2 Å². The lowest BCUT2D eigenvalue weighted by molar-refractivity contribution is -0.138. The maximum absolute atomic E-state index is 12.7. The molecule has 1 heterocycles. The molecule has 0 radical (unpaired) electrons. The summed E-state index contributed by atoms with van der Waals surface area (Å²) in [4.78, 5) is 25.5. The fourth-order valence-electron chi connectivity index (χ4n) is 4.41. The van der Waals surface area contributed by atoms with Crippen LogP contribution < -0.4 is 5.84 Å². The van der Waals surface area contributed by atoms with Gasteiger partial charge >= 0.3 is 5.97 Å². The van der Waals surface area contributed by atoms with E-state index in [1.807, 2.05) is 29.2 Å². The van der Waals surface area contributed by atoms with E-state index in [9.17, 15) is 9.59 Å². The fourth-order valence-corrected chi connectivity index (χ4v) is 4.41. The number of carbonyl (C=O) groups is 2. The first-order chi connectivity index (χ1) is 12.5. The second-order valence-electron chi connectivity index (χ2n) is 7.73. The number of nitrogens with two attached hydrogens (primary N) is 1. The highest BCUT2D eigenvalue weighted by Crippen LogP contribution is 2.47. The van der Waals surface area contributed by atoms with Gasteiger partial charge in [-0.15, -0.1) is 12.4 Å². The van der Waals surface area contributed by atoms with Crippen molar-refractivity contribution in [1.29, 1.82) is 0 Å². The summed E-state index contributed by atoms with van der Waals surface area (Å²) < 4.78 is 0. The summed E-state index contributed by atoms with van der Waals surface area (Å²) in [5.41, 5.74) is 1.88. The van der Waals surface area contributed by atoms with Crippen LogP contribution in [0.3, 0.4) is 0 Å². The number of hydrogen-bond donors (Lipinski definition) is 2. The maximum Gasteiger partial charge on any atom is 0.303 e. The normalized spacial score (nSPS) is 19.8. The number of carboxylic acids is 1. The molecule has 1 aromatic rings. The molecule has 0 bridgehead atoms. The smallest absolute Gasteiger partial charge is 0.303 e. The molecule has 6 nitrogen and oxygen atoms in total. The zero-order valence-corrected chi connectivity index (χ0v) is 16.3. The zero-order chi connectivity index (χ0) is 18.6. The molecule has 1 spiro atoms. The maximum atomic E-state index is 12.7. The van der Waals surface area contributed by atoms with Gasteiger partial charge in [-0.2, -0.15) is 5.10 Å². The van der Waals surface area contributed by atoms with Crippen molar-refractivity contribution in [2.75, 3.05) is 13.1 Å². The number of hydrazone groups is 1. The number of aliphatic carboxylic acids is 1. The van der Waals surface area contributed by atoms with Crippen LogP contribution in [0.25, 0.3) is 0 Å². The second-order valence-corrected chi connectivity index (χ2v) is 7.73. The van der Waals surface area contributed by atoms with Crippen LogP contribution in [0.4, 0.5) is 0 Å². The molecule has 1 amide bonds. The van der Waals surface area contributed by atoms with E-state index in [1.165, 1.54) is 0 Å². The first-order valence-corrected chi connectivity index (χ1v) is 9.36. The fraction of sp³-hybridized carbons (Fsp3) is 0.550. The van der Waals surface area contributed by atoms with E-state index in [-0.39, 0.29) is 18.3 Å². The van der Waals surface area contributed by atoms with Gasteiger partial charge in [0.1, 0.15) is 0 Å². The van der Waals surface area contributed by atoms with E-state index in [0.29, 0.717) is 23.3 Å². The number of hydrogen-bond acceptors (Lipinski definition) is 4. The van der Waals surface area contributed by atoms with Crippen molar-refractivity contribution in [3.05, 3.63) is 35.4 Å². The minimum Gasteiger partial charge on any atom is -0.481 e. The highest BCUT2D eigenvalue weighted by Gasteiger charge is 2.39. The largest absolute Gasteiger partial charge is 0.481 e. The van der Waals surface area contributed by atoms with Crippen LogP contribution in [0.2, 0.25) is 0 Å². The van der Waals surface area contributed by atoms with Crippen molar-refractivity contribution in [2.24, 2.45) is 22.3 Å². The average Bonchev–Trinajstić information content (AvgIpc) is 2.65. The Kier molecular flexibility index (Phi) is 7.25. The Balaban J connectivity index is 0.00000261. The number of amides is 1. The summed E-state index contributed by atoms with van der Waals surface area (Å²) in [7, 11) is 0. The Morgan fingerprint density at radius 2 is 1.74 bits per heavy atom.